The Kier molecular flexibility index (Phi) is 10.1. The zero-order chi connectivity index (χ0) is 28.6. The lowest BCUT2D eigenvalue weighted by Crippen LogP contribution is -2.53. The molecule has 0 aliphatic heterocycles. The van der Waals surface area contributed by atoms with E-state index in [9.17, 15) is 22.4 Å². The van der Waals surface area contributed by atoms with E-state index in [1.807, 2.05) is 30.3 Å². The largest absolute Gasteiger partial charge is 0.495 e. The van der Waals surface area contributed by atoms with Crippen LogP contribution in [0.5, 0.6) is 5.75 Å². The van der Waals surface area contributed by atoms with Gasteiger partial charge in [0.1, 0.15) is 24.2 Å². The molecule has 0 fully saturated rings. The van der Waals surface area contributed by atoms with Crippen molar-refractivity contribution in [3.63, 3.8) is 0 Å². The van der Waals surface area contributed by atoms with Crippen molar-refractivity contribution in [3.05, 3.63) is 95.3 Å². The Labute approximate surface area is 229 Å². The van der Waals surface area contributed by atoms with Gasteiger partial charge in [0.2, 0.25) is 21.8 Å². The SMILES string of the molecule is CCNC(=O)[C@@H](Cc1ccccc1)N(Cc1ccc(F)cc1)C(=O)CN(c1cc(C)ccc1OC)S(C)(=O)=O. The van der Waals surface area contributed by atoms with E-state index in [0.717, 1.165) is 21.7 Å². The number of amides is 2. The van der Waals surface area contributed by atoms with E-state index in [0.29, 0.717) is 12.1 Å². The number of nitrogens with zero attached hydrogens (tertiary/aromatic N) is 2. The van der Waals surface area contributed by atoms with Gasteiger partial charge in [0.15, 0.2) is 0 Å². The minimum atomic E-state index is -3.93. The van der Waals surface area contributed by atoms with E-state index in [2.05, 4.69) is 5.32 Å². The lowest BCUT2D eigenvalue weighted by atomic mass is 10.0. The number of ether oxygens (including phenoxy) is 1. The molecule has 8 nitrogen and oxygen atoms in total. The molecule has 0 aliphatic carbocycles. The first-order valence-electron chi connectivity index (χ1n) is 12.5. The molecule has 0 unspecified atom stereocenters. The molecule has 208 valence electrons. The minimum absolute atomic E-state index is 0.0314. The van der Waals surface area contributed by atoms with Crippen molar-refractivity contribution in [2.45, 2.75) is 32.9 Å². The first-order chi connectivity index (χ1) is 18.5. The van der Waals surface area contributed by atoms with Crippen LogP contribution in [-0.4, -0.2) is 57.6 Å². The molecule has 0 heterocycles. The van der Waals surface area contributed by atoms with Gasteiger partial charge in [0.05, 0.1) is 19.1 Å². The second kappa shape index (κ2) is 13.2. The number of methoxy groups -OCH3 is 1. The van der Waals surface area contributed by atoms with Crippen molar-refractivity contribution in [2.24, 2.45) is 0 Å². The predicted molar refractivity (Wildman–Crippen MR) is 149 cm³/mol. The lowest BCUT2D eigenvalue weighted by Gasteiger charge is -2.33. The number of halogens is 1. The first kappa shape index (κ1) is 29.6. The van der Waals surface area contributed by atoms with E-state index in [4.69, 9.17) is 4.74 Å². The van der Waals surface area contributed by atoms with Crippen molar-refractivity contribution in [3.8, 4) is 5.75 Å². The molecule has 0 saturated carbocycles. The molecule has 0 spiro atoms. The summed E-state index contributed by atoms with van der Waals surface area (Å²) >= 11 is 0. The average molecular weight is 556 g/mol. The molecule has 2 amide bonds. The fourth-order valence-electron chi connectivity index (χ4n) is 4.22. The second-order valence-electron chi connectivity index (χ2n) is 9.19. The molecule has 0 radical (unpaired) electrons. The van der Waals surface area contributed by atoms with Crippen LogP contribution < -0.4 is 14.4 Å². The third kappa shape index (κ3) is 8.03. The lowest BCUT2D eigenvalue weighted by molar-refractivity contribution is -0.140. The van der Waals surface area contributed by atoms with Crippen LogP contribution in [0.15, 0.2) is 72.8 Å². The molecule has 1 atom stereocenters. The van der Waals surface area contributed by atoms with Gasteiger partial charge in [-0.2, -0.15) is 0 Å². The summed E-state index contributed by atoms with van der Waals surface area (Å²) in [4.78, 5) is 28.7. The van der Waals surface area contributed by atoms with Crippen molar-refractivity contribution in [1.29, 1.82) is 0 Å². The monoisotopic (exact) mass is 555 g/mol. The molecule has 1 N–H and O–H groups in total. The van der Waals surface area contributed by atoms with Gasteiger partial charge in [-0.05, 0) is 54.8 Å². The summed E-state index contributed by atoms with van der Waals surface area (Å²) in [6, 6.07) is 18.9. The zero-order valence-electron chi connectivity index (χ0n) is 22.6. The van der Waals surface area contributed by atoms with E-state index < -0.39 is 34.3 Å². The van der Waals surface area contributed by atoms with E-state index in [1.165, 1.54) is 36.3 Å². The maximum Gasteiger partial charge on any atom is 0.244 e. The number of aryl methyl sites for hydroxylation is 1. The topological polar surface area (TPSA) is 96.0 Å². The maximum absolute atomic E-state index is 14.0. The van der Waals surface area contributed by atoms with Crippen LogP contribution >= 0.6 is 0 Å². The maximum atomic E-state index is 14.0. The van der Waals surface area contributed by atoms with Crippen LogP contribution in [0.3, 0.4) is 0 Å². The number of benzene rings is 3. The molecule has 10 heteroatoms. The Morgan fingerprint density at radius 1 is 1.00 bits per heavy atom. The second-order valence-corrected chi connectivity index (χ2v) is 11.1. The van der Waals surface area contributed by atoms with Crippen LogP contribution in [0, 0.1) is 12.7 Å². The number of carbonyl (C=O) groups is 2. The summed E-state index contributed by atoms with van der Waals surface area (Å²) in [5, 5.41) is 2.79. The van der Waals surface area contributed by atoms with Crippen LogP contribution in [0.25, 0.3) is 0 Å². The Morgan fingerprint density at radius 2 is 1.67 bits per heavy atom. The molecular weight excluding hydrogens is 521 g/mol. The van der Waals surface area contributed by atoms with Crippen molar-refractivity contribution < 1.29 is 27.1 Å². The number of hydrogen-bond acceptors (Lipinski definition) is 5. The zero-order valence-corrected chi connectivity index (χ0v) is 23.4. The van der Waals surface area contributed by atoms with Gasteiger partial charge >= 0.3 is 0 Å². The predicted octanol–water partition coefficient (Wildman–Crippen LogP) is 3.68. The fourth-order valence-corrected chi connectivity index (χ4v) is 5.07. The third-order valence-electron chi connectivity index (χ3n) is 6.17. The van der Waals surface area contributed by atoms with Gasteiger partial charge in [-0.25, -0.2) is 12.8 Å². The molecule has 3 rings (SSSR count). The number of sulfonamides is 1. The molecule has 0 aliphatic rings. The Morgan fingerprint density at radius 3 is 2.26 bits per heavy atom. The minimum Gasteiger partial charge on any atom is -0.495 e. The first-order valence-corrected chi connectivity index (χ1v) is 14.4. The Bertz CT molecular complexity index is 1380. The number of rotatable bonds is 12. The van der Waals surface area contributed by atoms with Crippen LogP contribution in [0.2, 0.25) is 0 Å². The quantitative estimate of drug-likeness (QED) is 0.368. The Balaban J connectivity index is 2.07. The number of anilines is 1. The summed E-state index contributed by atoms with van der Waals surface area (Å²) in [5.41, 5.74) is 2.41. The van der Waals surface area contributed by atoms with Gasteiger partial charge in [-0.1, -0.05) is 48.5 Å². The highest BCUT2D eigenvalue weighted by atomic mass is 32.2. The number of hydrogen-bond donors (Lipinski definition) is 1. The van der Waals surface area contributed by atoms with E-state index >= 15 is 0 Å². The highest BCUT2D eigenvalue weighted by Gasteiger charge is 2.33. The normalized spacial score (nSPS) is 11.9. The fraction of sp³-hybridized carbons (Fsp3) is 0.310. The van der Waals surface area contributed by atoms with Crippen molar-refractivity contribution in [2.75, 3.05) is 30.8 Å². The van der Waals surface area contributed by atoms with Crippen molar-refractivity contribution in [1.82, 2.24) is 10.2 Å². The van der Waals surface area contributed by atoms with Gasteiger partial charge in [-0.3, -0.25) is 13.9 Å². The summed E-state index contributed by atoms with van der Waals surface area (Å²) in [6.07, 6.45) is 1.21. The average Bonchev–Trinajstić information content (AvgIpc) is 2.90. The summed E-state index contributed by atoms with van der Waals surface area (Å²) < 4.78 is 45.9. The molecule has 39 heavy (non-hydrogen) atoms. The number of likely N-dealkylation sites (N-methyl/N-ethyl adjacent to an activating group) is 1. The van der Waals surface area contributed by atoms with Gasteiger partial charge in [0, 0.05) is 19.5 Å². The molecule has 3 aromatic carbocycles. The summed E-state index contributed by atoms with van der Waals surface area (Å²) in [5.74, 6) is -1.12. The van der Waals surface area contributed by atoms with E-state index in [1.54, 1.807) is 32.0 Å². The van der Waals surface area contributed by atoms with Crippen LogP contribution in [0.4, 0.5) is 10.1 Å². The van der Waals surface area contributed by atoms with Crippen molar-refractivity contribution >= 4 is 27.5 Å². The number of nitrogens with one attached hydrogen (secondary N) is 1. The Hall–Kier alpha value is -3.92. The van der Waals surface area contributed by atoms with Gasteiger partial charge < -0.3 is 15.0 Å². The molecule has 0 aromatic heterocycles. The smallest absolute Gasteiger partial charge is 0.244 e. The summed E-state index contributed by atoms with van der Waals surface area (Å²) in [7, 11) is -2.51. The standard InChI is InChI=1S/C29H34FN3O5S/c1-5-31-29(35)26(18-22-9-7-6-8-10-22)32(19-23-12-14-24(30)15-13-23)28(34)20-33(39(4,36)37)25-17-21(2)11-16-27(25)38-3/h6-17,26H,5,18-20H2,1-4H3,(H,31,35)/t26-/m1/s1. The third-order valence-corrected chi connectivity index (χ3v) is 7.30. The van der Waals surface area contributed by atoms with Crippen LogP contribution in [0.1, 0.15) is 23.6 Å². The van der Waals surface area contributed by atoms with E-state index in [-0.39, 0.29) is 30.3 Å². The van der Waals surface area contributed by atoms with Crippen LogP contribution in [-0.2, 0) is 32.6 Å². The molecular formula is C29H34FN3O5S. The highest BCUT2D eigenvalue weighted by Crippen LogP contribution is 2.31. The van der Waals surface area contributed by atoms with Gasteiger partial charge in [0.25, 0.3) is 0 Å². The number of carbonyl (C=O) groups excluding carboxylic acids is 2. The molecule has 0 bridgehead atoms. The molecule has 3 aromatic rings. The van der Waals surface area contributed by atoms with Gasteiger partial charge in [-0.15, -0.1) is 0 Å². The highest BCUT2D eigenvalue weighted by molar-refractivity contribution is 7.92. The molecule has 0 saturated heterocycles. The summed E-state index contributed by atoms with van der Waals surface area (Å²) in [6.45, 7) is 3.33.